The lowest BCUT2D eigenvalue weighted by molar-refractivity contribution is -0.145. The van der Waals surface area contributed by atoms with Crippen LogP contribution in [-0.4, -0.2) is 97.7 Å². The maximum Gasteiger partial charge on any atom is 0.247 e. The molecular weight excluding hydrogens is 530 g/mol. The first-order valence-electron chi connectivity index (χ1n) is 12.8. The number of hydrogen-bond acceptors (Lipinski definition) is 5. The van der Waals surface area contributed by atoms with Gasteiger partial charge in [-0.05, 0) is 25.7 Å². The standard InChI is InChI=1S/C26H38BrN3O4S/c1-4-12-28(3)23(32)19-20-24(33)30(14-9-15-31)22(26(20)16-18(27)21(19)35-26)25(34)29(13-5-2)17-10-7-6-8-11-17/h4-5,17-22,31H,1-2,6-16H2,3H3/t18?,19-,20-,21-,22?,26?/m0/s1. The number of aliphatic hydroxyl groups is 1. The molecule has 7 nitrogen and oxygen atoms in total. The number of likely N-dealkylation sites (tertiary alicyclic amines) is 1. The molecule has 9 heteroatoms. The molecule has 2 bridgehead atoms. The Morgan fingerprint density at radius 2 is 1.89 bits per heavy atom. The quantitative estimate of drug-likeness (QED) is 0.324. The monoisotopic (exact) mass is 567 g/mol. The fourth-order valence-corrected chi connectivity index (χ4v) is 10.4. The number of fused-ring (bicyclic) bond motifs is 1. The van der Waals surface area contributed by atoms with Crippen molar-refractivity contribution in [2.75, 3.05) is 33.3 Å². The van der Waals surface area contributed by atoms with Gasteiger partial charge in [-0.2, -0.15) is 0 Å². The summed E-state index contributed by atoms with van der Waals surface area (Å²) in [6.45, 7) is 8.79. The molecule has 194 valence electrons. The predicted octanol–water partition coefficient (Wildman–Crippen LogP) is 2.83. The molecule has 1 aliphatic carbocycles. The number of amides is 3. The minimum atomic E-state index is -0.647. The van der Waals surface area contributed by atoms with Gasteiger partial charge in [0.2, 0.25) is 17.7 Å². The third-order valence-corrected chi connectivity index (χ3v) is 11.5. The maximum absolute atomic E-state index is 14.4. The smallest absolute Gasteiger partial charge is 0.247 e. The summed E-state index contributed by atoms with van der Waals surface area (Å²) in [6, 6.07) is -0.481. The van der Waals surface area contributed by atoms with E-state index in [4.69, 9.17) is 0 Å². The van der Waals surface area contributed by atoms with Crippen molar-refractivity contribution in [3.8, 4) is 0 Å². The molecule has 3 heterocycles. The van der Waals surface area contributed by atoms with Crippen LogP contribution in [0.1, 0.15) is 44.9 Å². The van der Waals surface area contributed by atoms with Crippen molar-refractivity contribution < 1.29 is 19.5 Å². The number of alkyl halides is 1. The van der Waals surface area contributed by atoms with Gasteiger partial charge >= 0.3 is 0 Å². The first kappa shape index (κ1) is 26.7. The summed E-state index contributed by atoms with van der Waals surface area (Å²) in [5, 5.41) is 9.50. The lowest BCUT2D eigenvalue weighted by atomic mass is 9.70. The van der Waals surface area contributed by atoms with E-state index < -0.39 is 22.6 Å². The number of hydrogen-bond donors (Lipinski definition) is 1. The SMILES string of the molecule is C=CCN(C)C(=O)[C@H]1[C@H]2C(=O)N(CCCO)C(C(=O)N(CC=C)C3CCCCC3)C23CC(Br)[C@@H]1S3. The number of carbonyl (C=O) groups excluding carboxylic acids is 3. The van der Waals surface area contributed by atoms with Gasteiger partial charge in [0.25, 0.3) is 0 Å². The zero-order valence-electron chi connectivity index (χ0n) is 20.6. The van der Waals surface area contributed by atoms with E-state index in [2.05, 4.69) is 29.1 Å². The van der Waals surface area contributed by atoms with E-state index in [0.717, 1.165) is 25.7 Å². The van der Waals surface area contributed by atoms with Gasteiger partial charge in [0.15, 0.2) is 0 Å². The molecule has 3 unspecified atom stereocenters. The Morgan fingerprint density at radius 1 is 1.20 bits per heavy atom. The second kappa shape index (κ2) is 11.0. The minimum Gasteiger partial charge on any atom is -0.396 e. The van der Waals surface area contributed by atoms with Crippen LogP contribution in [0.3, 0.4) is 0 Å². The van der Waals surface area contributed by atoms with Crippen molar-refractivity contribution in [1.82, 2.24) is 14.7 Å². The lowest BCUT2D eigenvalue weighted by Gasteiger charge is -2.41. The third-order valence-electron chi connectivity index (χ3n) is 8.27. The van der Waals surface area contributed by atoms with Crippen LogP contribution in [0.4, 0.5) is 0 Å². The van der Waals surface area contributed by atoms with Crippen molar-refractivity contribution in [2.45, 2.75) is 71.9 Å². The van der Waals surface area contributed by atoms with E-state index in [1.807, 2.05) is 4.90 Å². The van der Waals surface area contributed by atoms with Gasteiger partial charge < -0.3 is 19.8 Å². The fourth-order valence-electron chi connectivity index (χ4n) is 6.82. The summed E-state index contributed by atoms with van der Waals surface area (Å²) in [4.78, 5) is 47.3. The van der Waals surface area contributed by atoms with Crippen molar-refractivity contribution in [3.63, 3.8) is 0 Å². The van der Waals surface area contributed by atoms with Gasteiger partial charge in [0, 0.05) is 49.4 Å². The van der Waals surface area contributed by atoms with E-state index in [1.54, 1.807) is 40.8 Å². The summed E-state index contributed by atoms with van der Waals surface area (Å²) in [5.74, 6) is -1.20. The summed E-state index contributed by atoms with van der Waals surface area (Å²) in [7, 11) is 1.75. The van der Waals surface area contributed by atoms with Crippen LogP contribution in [0.15, 0.2) is 25.3 Å². The van der Waals surface area contributed by atoms with Crippen molar-refractivity contribution in [2.24, 2.45) is 11.8 Å². The Kier molecular flexibility index (Phi) is 8.38. The highest BCUT2D eigenvalue weighted by atomic mass is 79.9. The number of rotatable bonds is 10. The lowest BCUT2D eigenvalue weighted by Crippen LogP contribution is -2.57. The molecule has 3 aliphatic heterocycles. The molecule has 0 radical (unpaired) electrons. The molecule has 3 saturated heterocycles. The Bertz CT molecular complexity index is 866. The van der Waals surface area contributed by atoms with Gasteiger partial charge in [-0.1, -0.05) is 47.3 Å². The zero-order chi connectivity index (χ0) is 25.3. The van der Waals surface area contributed by atoms with Gasteiger partial charge in [-0.3, -0.25) is 14.4 Å². The molecule has 6 atom stereocenters. The van der Waals surface area contributed by atoms with Crippen molar-refractivity contribution in [1.29, 1.82) is 0 Å². The van der Waals surface area contributed by atoms with Crippen LogP contribution in [0.2, 0.25) is 0 Å². The molecule has 1 saturated carbocycles. The Balaban J connectivity index is 1.73. The molecule has 1 spiro atoms. The number of nitrogens with zero attached hydrogens (tertiary/aromatic N) is 3. The topological polar surface area (TPSA) is 81.2 Å². The molecule has 4 rings (SSSR count). The molecule has 3 amide bonds. The summed E-state index contributed by atoms with van der Waals surface area (Å²) in [5.41, 5.74) is 0. The molecule has 4 fully saturated rings. The summed E-state index contributed by atoms with van der Waals surface area (Å²) in [6.07, 6.45) is 9.87. The van der Waals surface area contributed by atoms with Gasteiger partial charge in [-0.25, -0.2) is 0 Å². The number of halogens is 1. The van der Waals surface area contributed by atoms with Gasteiger partial charge in [0.05, 0.1) is 16.6 Å². The van der Waals surface area contributed by atoms with Crippen LogP contribution in [0.5, 0.6) is 0 Å². The van der Waals surface area contributed by atoms with Crippen LogP contribution < -0.4 is 0 Å². The Hall–Kier alpha value is -1.32. The predicted molar refractivity (Wildman–Crippen MR) is 142 cm³/mol. The molecule has 35 heavy (non-hydrogen) atoms. The second-order valence-corrected chi connectivity index (χ2v) is 13.1. The highest BCUT2D eigenvalue weighted by Crippen LogP contribution is 2.68. The Labute approximate surface area is 221 Å². The minimum absolute atomic E-state index is 0.0222. The van der Waals surface area contributed by atoms with Crippen molar-refractivity contribution in [3.05, 3.63) is 25.3 Å². The number of thioether (sulfide) groups is 1. The zero-order valence-corrected chi connectivity index (χ0v) is 23.0. The van der Waals surface area contributed by atoms with E-state index >= 15 is 0 Å². The fraction of sp³-hybridized carbons (Fsp3) is 0.731. The molecule has 0 aromatic rings. The van der Waals surface area contributed by atoms with E-state index in [9.17, 15) is 19.5 Å². The first-order chi connectivity index (χ1) is 16.8. The molecule has 4 aliphatic rings. The van der Waals surface area contributed by atoms with Crippen LogP contribution >= 0.6 is 27.7 Å². The Morgan fingerprint density at radius 3 is 2.51 bits per heavy atom. The highest BCUT2D eigenvalue weighted by molar-refractivity contribution is 9.09. The maximum atomic E-state index is 14.4. The molecular formula is C26H38BrN3O4S. The normalized spacial score (nSPS) is 34.1. The average molecular weight is 569 g/mol. The molecule has 0 aromatic heterocycles. The third kappa shape index (κ3) is 4.50. The highest BCUT2D eigenvalue weighted by Gasteiger charge is 2.76. The largest absolute Gasteiger partial charge is 0.396 e. The van der Waals surface area contributed by atoms with Crippen LogP contribution in [0, 0.1) is 11.8 Å². The first-order valence-corrected chi connectivity index (χ1v) is 14.6. The summed E-state index contributed by atoms with van der Waals surface area (Å²) < 4.78 is -0.647. The summed E-state index contributed by atoms with van der Waals surface area (Å²) >= 11 is 5.48. The number of carbonyl (C=O) groups is 3. The van der Waals surface area contributed by atoms with E-state index in [-0.39, 0.29) is 40.4 Å². The van der Waals surface area contributed by atoms with Crippen LogP contribution in [-0.2, 0) is 14.4 Å². The van der Waals surface area contributed by atoms with E-state index in [1.165, 1.54) is 6.42 Å². The van der Waals surface area contributed by atoms with Gasteiger partial charge in [-0.15, -0.1) is 24.9 Å². The van der Waals surface area contributed by atoms with Crippen LogP contribution in [0.25, 0.3) is 0 Å². The second-order valence-electron chi connectivity index (χ2n) is 10.4. The molecule has 1 N–H and O–H groups in total. The number of likely N-dealkylation sites (N-methyl/N-ethyl adjacent to an activating group) is 1. The van der Waals surface area contributed by atoms with Gasteiger partial charge in [0.1, 0.15) is 6.04 Å². The van der Waals surface area contributed by atoms with E-state index in [0.29, 0.717) is 32.5 Å². The molecule has 0 aromatic carbocycles. The number of aliphatic hydroxyl groups excluding tert-OH is 1. The average Bonchev–Trinajstić information content (AvgIpc) is 3.44. The van der Waals surface area contributed by atoms with Crippen molar-refractivity contribution >= 4 is 45.4 Å².